The van der Waals surface area contributed by atoms with Crippen molar-refractivity contribution in [1.29, 1.82) is 0 Å². The lowest BCUT2D eigenvalue weighted by Crippen LogP contribution is -2.08. The molecule has 3 nitrogen and oxygen atoms in total. The predicted molar refractivity (Wildman–Crippen MR) is 55.5 cm³/mol. The molecule has 3 heteroatoms. The molecule has 2 aliphatic rings. The standard InChI is InChI=1S/C11H17NO2/c1-8-3-5-9(6-4-8)12-7-10-11(13-2)14-10/h3,5,8,10-11H,4,6-7H2,1-2H3. The Morgan fingerprint density at radius 2 is 2.50 bits per heavy atom. The fourth-order valence-corrected chi connectivity index (χ4v) is 1.63. The Morgan fingerprint density at radius 1 is 1.64 bits per heavy atom. The molecule has 0 aromatic heterocycles. The van der Waals surface area contributed by atoms with Crippen molar-refractivity contribution < 1.29 is 9.47 Å². The molecule has 0 saturated carbocycles. The molecule has 1 fully saturated rings. The van der Waals surface area contributed by atoms with Crippen LogP contribution in [0.5, 0.6) is 0 Å². The van der Waals surface area contributed by atoms with E-state index >= 15 is 0 Å². The molecule has 1 saturated heterocycles. The number of hydrogen-bond acceptors (Lipinski definition) is 3. The van der Waals surface area contributed by atoms with Crippen LogP contribution < -0.4 is 0 Å². The minimum atomic E-state index is -0.00848. The zero-order chi connectivity index (χ0) is 9.97. The molecule has 14 heavy (non-hydrogen) atoms. The second kappa shape index (κ2) is 4.24. The number of nitrogens with zero attached hydrogens (tertiary/aromatic N) is 1. The van der Waals surface area contributed by atoms with E-state index in [-0.39, 0.29) is 12.4 Å². The van der Waals surface area contributed by atoms with Gasteiger partial charge in [0.05, 0.1) is 6.54 Å². The van der Waals surface area contributed by atoms with Gasteiger partial charge in [0, 0.05) is 12.8 Å². The maximum atomic E-state index is 5.22. The zero-order valence-electron chi connectivity index (χ0n) is 8.77. The molecule has 0 radical (unpaired) electrons. The smallest absolute Gasteiger partial charge is 0.185 e. The molecule has 0 aromatic rings. The van der Waals surface area contributed by atoms with E-state index in [4.69, 9.17) is 9.47 Å². The Balaban J connectivity index is 1.78. The van der Waals surface area contributed by atoms with Crippen molar-refractivity contribution >= 4 is 5.71 Å². The third-order valence-electron chi connectivity index (χ3n) is 2.72. The first-order valence-corrected chi connectivity index (χ1v) is 5.19. The maximum Gasteiger partial charge on any atom is 0.185 e. The normalized spacial score (nSPS) is 39.0. The number of ether oxygens (including phenoxy) is 2. The first-order valence-electron chi connectivity index (χ1n) is 5.19. The highest BCUT2D eigenvalue weighted by Crippen LogP contribution is 2.23. The third-order valence-corrected chi connectivity index (χ3v) is 2.72. The van der Waals surface area contributed by atoms with E-state index in [0.717, 1.165) is 13.0 Å². The van der Waals surface area contributed by atoms with Gasteiger partial charge in [0.2, 0.25) is 0 Å². The Labute approximate surface area is 84.8 Å². The molecule has 0 amide bonds. The quantitative estimate of drug-likeness (QED) is 0.643. The van der Waals surface area contributed by atoms with Gasteiger partial charge in [-0.1, -0.05) is 13.0 Å². The molecule has 2 rings (SSSR count). The van der Waals surface area contributed by atoms with Crippen molar-refractivity contribution in [2.24, 2.45) is 10.9 Å². The number of epoxide rings is 1. The number of rotatable bonds is 3. The van der Waals surface area contributed by atoms with E-state index in [1.54, 1.807) is 7.11 Å². The first-order chi connectivity index (χ1) is 6.79. The van der Waals surface area contributed by atoms with Gasteiger partial charge in [-0.15, -0.1) is 0 Å². The van der Waals surface area contributed by atoms with Gasteiger partial charge in [0.1, 0.15) is 6.10 Å². The summed E-state index contributed by atoms with van der Waals surface area (Å²) in [6.45, 7) is 2.98. The molecule has 0 bridgehead atoms. The summed E-state index contributed by atoms with van der Waals surface area (Å²) in [5, 5.41) is 0. The molecule has 1 aliphatic carbocycles. The van der Waals surface area contributed by atoms with Gasteiger partial charge in [-0.3, -0.25) is 4.99 Å². The van der Waals surface area contributed by atoms with Crippen LogP contribution in [0.4, 0.5) is 0 Å². The van der Waals surface area contributed by atoms with Crippen LogP contribution in [0, 0.1) is 5.92 Å². The average Bonchev–Trinajstić information content (AvgIpc) is 2.96. The molecule has 1 heterocycles. The van der Waals surface area contributed by atoms with Crippen LogP contribution in [0.25, 0.3) is 0 Å². The van der Waals surface area contributed by atoms with Crippen molar-refractivity contribution in [1.82, 2.24) is 0 Å². The van der Waals surface area contributed by atoms with Crippen molar-refractivity contribution in [2.75, 3.05) is 13.7 Å². The summed E-state index contributed by atoms with van der Waals surface area (Å²) < 4.78 is 10.2. The number of hydrogen-bond donors (Lipinski definition) is 0. The lowest BCUT2D eigenvalue weighted by molar-refractivity contribution is 0.0950. The Hall–Kier alpha value is -0.670. The lowest BCUT2D eigenvalue weighted by atomic mass is 9.96. The van der Waals surface area contributed by atoms with Crippen LogP contribution in [0.15, 0.2) is 17.1 Å². The largest absolute Gasteiger partial charge is 0.353 e. The molecule has 0 N–H and O–H groups in total. The van der Waals surface area contributed by atoms with Crippen molar-refractivity contribution in [3.8, 4) is 0 Å². The van der Waals surface area contributed by atoms with Crippen molar-refractivity contribution in [3.05, 3.63) is 12.2 Å². The highest BCUT2D eigenvalue weighted by Gasteiger charge is 2.38. The third kappa shape index (κ3) is 2.42. The minimum absolute atomic E-state index is 0.00848. The van der Waals surface area contributed by atoms with E-state index in [1.165, 1.54) is 12.1 Å². The topological polar surface area (TPSA) is 34.1 Å². The van der Waals surface area contributed by atoms with Crippen molar-refractivity contribution in [3.63, 3.8) is 0 Å². The fraction of sp³-hybridized carbons (Fsp3) is 0.727. The van der Waals surface area contributed by atoms with Crippen LogP contribution in [0.2, 0.25) is 0 Å². The van der Waals surface area contributed by atoms with E-state index in [1.807, 2.05) is 0 Å². The Kier molecular flexibility index (Phi) is 2.99. The lowest BCUT2D eigenvalue weighted by Gasteiger charge is -2.12. The van der Waals surface area contributed by atoms with Gasteiger partial charge in [-0.25, -0.2) is 0 Å². The number of methoxy groups -OCH3 is 1. The SMILES string of the molecule is COC1OC1CN=C1C=CC(C)CC1. The molecule has 78 valence electrons. The summed E-state index contributed by atoms with van der Waals surface area (Å²) in [5.41, 5.74) is 1.20. The molecule has 0 aromatic carbocycles. The van der Waals surface area contributed by atoms with E-state index in [0.29, 0.717) is 5.92 Å². The molecular weight excluding hydrogens is 178 g/mol. The van der Waals surface area contributed by atoms with Crippen molar-refractivity contribution in [2.45, 2.75) is 32.2 Å². The van der Waals surface area contributed by atoms with Gasteiger partial charge in [-0.2, -0.15) is 0 Å². The molecular formula is C11H17NO2. The number of allylic oxidation sites excluding steroid dienone is 2. The van der Waals surface area contributed by atoms with Crippen LogP contribution in [-0.4, -0.2) is 31.8 Å². The van der Waals surface area contributed by atoms with Gasteiger partial charge in [0.15, 0.2) is 6.29 Å². The van der Waals surface area contributed by atoms with Gasteiger partial charge in [0.25, 0.3) is 0 Å². The van der Waals surface area contributed by atoms with Crippen LogP contribution in [-0.2, 0) is 9.47 Å². The van der Waals surface area contributed by atoms with Gasteiger partial charge < -0.3 is 9.47 Å². The monoisotopic (exact) mass is 195 g/mol. The molecule has 3 atom stereocenters. The van der Waals surface area contributed by atoms with Crippen LogP contribution in [0.1, 0.15) is 19.8 Å². The highest BCUT2D eigenvalue weighted by molar-refractivity contribution is 5.95. The summed E-state index contributed by atoms with van der Waals surface area (Å²) in [4.78, 5) is 4.50. The second-order valence-electron chi connectivity index (χ2n) is 3.99. The Bertz CT molecular complexity index is 260. The fourth-order valence-electron chi connectivity index (χ4n) is 1.63. The average molecular weight is 195 g/mol. The first kappa shape index (κ1) is 9.87. The minimum Gasteiger partial charge on any atom is -0.353 e. The maximum absolute atomic E-state index is 5.22. The van der Waals surface area contributed by atoms with E-state index in [9.17, 15) is 0 Å². The van der Waals surface area contributed by atoms with Crippen LogP contribution in [0.3, 0.4) is 0 Å². The predicted octanol–water partition coefficient (Wildman–Crippen LogP) is 1.78. The summed E-state index contributed by atoms with van der Waals surface area (Å²) in [5.74, 6) is 0.706. The van der Waals surface area contributed by atoms with Gasteiger partial charge in [-0.05, 0) is 24.8 Å². The molecule has 1 aliphatic heterocycles. The summed E-state index contributed by atoms with van der Waals surface area (Å²) >= 11 is 0. The summed E-state index contributed by atoms with van der Waals surface area (Å²) in [6.07, 6.45) is 6.87. The highest BCUT2D eigenvalue weighted by atomic mass is 16.8. The molecule has 0 spiro atoms. The zero-order valence-corrected chi connectivity index (χ0v) is 8.77. The van der Waals surface area contributed by atoms with E-state index < -0.39 is 0 Å². The van der Waals surface area contributed by atoms with Crippen LogP contribution >= 0.6 is 0 Å². The second-order valence-corrected chi connectivity index (χ2v) is 3.99. The van der Waals surface area contributed by atoms with E-state index in [2.05, 4.69) is 24.1 Å². The summed E-state index contributed by atoms with van der Waals surface area (Å²) in [6, 6.07) is 0. The van der Waals surface area contributed by atoms with Gasteiger partial charge >= 0.3 is 0 Å². The Morgan fingerprint density at radius 3 is 3.07 bits per heavy atom. The molecule has 3 unspecified atom stereocenters. The summed E-state index contributed by atoms with van der Waals surface area (Å²) in [7, 11) is 1.67. The number of aliphatic imine (C=N–C) groups is 1.